The number of aliphatic hydroxyl groups excluding tert-OH is 1. The van der Waals surface area contributed by atoms with Gasteiger partial charge in [-0.3, -0.25) is 14.6 Å². The first-order valence-electron chi connectivity index (χ1n) is 5.32. The maximum atomic E-state index is 11.5. The van der Waals surface area contributed by atoms with Crippen molar-refractivity contribution in [1.29, 1.82) is 0 Å². The molecule has 9 nitrogen and oxygen atoms in total. The van der Waals surface area contributed by atoms with Crippen molar-refractivity contribution in [3.63, 3.8) is 0 Å². The van der Waals surface area contributed by atoms with Crippen LogP contribution in [0.1, 0.15) is 12.6 Å². The number of aliphatic hydroxyl groups is 1. The van der Waals surface area contributed by atoms with Crippen molar-refractivity contribution < 1.29 is 19.8 Å². The Labute approximate surface area is 106 Å². The van der Waals surface area contributed by atoms with Crippen molar-refractivity contribution in [2.24, 2.45) is 0 Å². The van der Waals surface area contributed by atoms with Gasteiger partial charge in [-0.15, -0.1) is 0 Å². The molecule has 0 spiro atoms. The summed E-state index contributed by atoms with van der Waals surface area (Å²) in [7, 11) is 0. The standard InChI is InChI=1S/C10H13N3O6/c1-4(14)8(9(17)18)12-6(15)2-5-3-7(16)13-10(19)11-5/h3-4,8,14H,2H2,1H3,(H,12,15)(H,17,18)(H2,11,13,16,19). The zero-order valence-electron chi connectivity index (χ0n) is 9.97. The summed E-state index contributed by atoms with van der Waals surface area (Å²) in [6.07, 6.45) is -1.66. The van der Waals surface area contributed by atoms with E-state index in [1.807, 2.05) is 4.98 Å². The number of aromatic amines is 2. The number of H-pyrrole nitrogens is 2. The Morgan fingerprint density at radius 3 is 2.47 bits per heavy atom. The Morgan fingerprint density at radius 1 is 1.37 bits per heavy atom. The van der Waals surface area contributed by atoms with Gasteiger partial charge in [0.2, 0.25) is 5.91 Å². The lowest BCUT2D eigenvalue weighted by Gasteiger charge is -2.16. The van der Waals surface area contributed by atoms with E-state index in [-0.39, 0.29) is 12.1 Å². The number of aromatic nitrogens is 2. The van der Waals surface area contributed by atoms with Crippen LogP contribution in [0.15, 0.2) is 15.7 Å². The molecule has 2 unspecified atom stereocenters. The first-order valence-corrected chi connectivity index (χ1v) is 5.32. The number of carboxylic acids is 1. The lowest BCUT2D eigenvalue weighted by Crippen LogP contribution is -2.48. The summed E-state index contributed by atoms with van der Waals surface area (Å²) in [6, 6.07) is -0.444. The Kier molecular flexibility index (Phi) is 4.59. The minimum absolute atomic E-state index is 0.0426. The number of carbonyl (C=O) groups excluding carboxylic acids is 1. The van der Waals surface area contributed by atoms with Crippen molar-refractivity contribution in [1.82, 2.24) is 15.3 Å². The molecule has 0 radical (unpaired) electrons. The molecule has 0 aliphatic rings. The van der Waals surface area contributed by atoms with Gasteiger partial charge in [-0.25, -0.2) is 9.59 Å². The Hall–Kier alpha value is -2.42. The van der Waals surface area contributed by atoms with Gasteiger partial charge in [0.05, 0.1) is 12.5 Å². The van der Waals surface area contributed by atoms with Crippen molar-refractivity contribution in [2.75, 3.05) is 0 Å². The number of hydrogen-bond donors (Lipinski definition) is 5. The predicted molar refractivity (Wildman–Crippen MR) is 62.6 cm³/mol. The highest BCUT2D eigenvalue weighted by Crippen LogP contribution is 1.95. The lowest BCUT2D eigenvalue weighted by atomic mass is 10.1. The topological polar surface area (TPSA) is 152 Å². The van der Waals surface area contributed by atoms with Crippen LogP contribution >= 0.6 is 0 Å². The molecule has 5 N–H and O–H groups in total. The van der Waals surface area contributed by atoms with Crippen LogP contribution < -0.4 is 16.6 Å². The number of aliphatic carboxylic acids is 1. The minimum Gasteiger partial charge on any atom is -0.480 e. The molecule has 0 saturated heterocycles. The third-order valence-corrected chi connectivity index (χ3v) is 2.23. The summed E-state index contributed by atoms with van der Waals surface area (Å²) >= 11 is 0. The average molecular weight is 271 g/mol. The monoisotopic (exact) mass is 271 g/mol. The summed E-state index contributed by atoms with van der Waals surface area (Å²) in [5, 5.41) is 20.0. The van der Waals surface area contributed by atoms with Crippen LogP contribution in [0.2, 0.25) is 0 Å². The van der Waals surface area contributed by atoms with Crippen LogP contribution in [0.25, 0.3) is 0 Å². The van der Waals surface area contributed by atoms with Gasteiger partial charge >= 0.3 is 11.7 Å². The molecule has 1 heterocycles. The molecule has 19 heavy (non-hydrogen) atoms. The lowest BCUT2D eigenvalue weighted by molar-refractivity contribution is -0.144. The molecule has 0 aliphatic heterocycles. The molecule has 1 aromatic heterocycles. The molecular formula is C10H13N3O6. The molecular weight excluding hydrogens is 258 g/mol. The Bertz CT molecular complexity index is 559. The van der Waals surface area contributed by atoms with Crippen molar-refractivity contribution in [2.45, 2.75) is 25.5 Å². The minimum atomic E-state index is -1.46. The number of amides is 1. The van der Waals surface area contributed by atoms with Gasteiger partial charge in [-0.05, 0) is 6.92 Å². The number of hydrogen-bond acceptors (Lipinski definition) is 5. The molecule has 0 aromatic carbocycles. The van der Waals surface area contributed by atoms with E-state index in [1.54, 1.807) is 0 Å². The second kappa shape index (κ2) is 5.96. The fourth-order valence-corrected chi connectivity index (χ4v) is 1.40. The number of rotatable bonds is 5. The first-order chi connectivity index (χ1) is 8.79. The Morgan fingerprint density at radius 2 is 2.00 bits per heavy atom. The first kappa shape index (κ1) is 14.6. The van der Waals surface area contributed by atoms with Gasteiger partial charge < -0.3 is 20.5 Å². The van der Waals surface area contributed by atoms with Crippen molar-refractivity contribution in [3.05, 3.63) is 32.6 Å². The summed E-state index contributed by atoms with van der Waals surface area (Å²) in [6.45, 7) is 1.22. The molecule has 104 valence electrons. The number of carbonyl (C=O) groups is 2. The van der Waals surface area contributed by atoms with E-state index in [1.165, 1.54) is 6.92 Å². The third-order valence-electron chi connectivity index (χ3n) is 2.23. The second-order valence-electron chi connectivity index (χ2n) is 3.91. The smallest absolute Gasteiger partial charge is 0.328 e. The van der Waals surface area contributed by atoms with E-state index < -0.39 is 35.3 Å². The molecule has 1 aromatic rings. The van der Waals surface area contributed by atoms with Gasteiger partial charge in [-0.1, -0.05) is 0 Å². The fourth-order valence-electron chi connectivity index (χ4n) is 1.40. The van der Waals surface area contributed by atoms with Crippen LogP contribution in [-0.2, 0) is 16.0 Å². The fraction of sp³-hybridized carbons (Fsp3) is 0.400. The van der Waals surface area contributed by atoms with Crippen molar-refractivity contribution >= 4 is 11.9 Å². The summed E-state index contributed by atoms with van der Waals surface area (Å²) in [5.74, 6) is -2.13. The van der Waals surface area contributed by atoms with E-state index in [0.29, 0.717) is 0 Å². The van der Waals surface area contributed by atoms with Gasteiger partial charge in [0, 0.05) is 11.8 Å². The highest BCUT2D eigenvalue weighted by Gasteiger charge is 2.24. The molecule has 0 bridgehead atoms. The number of carboxylic acid groups (broad SMARTS) is 1. The van der Waals surface area contributed by atoms with Crippen LogP contribution in [-0.4, -0.2) is 44.2 Å². The summed E-state index contributed by atoms with van der Waals surface area (Å²) in [4.78, 5) is 48.4. The van der Waals surface area contributed by atoms with Crippen molar-refractivity contribution in [3.8, 4) is 0 Å². The zero-order chi connectivity index (χ0) is 14.6. The summed E-state index contributed by atoms with van der Waals surface area (Å²) < 4.78 is 0. The van der Waals surface area contributed by atoms with E-state index in [4.69, 9.17) is 5.11 Å². The largest absolute Gasteiger partial charge is 0.480 e. The van der Waals surface area contributed by atoms with Crippen LogP contribution in [0, 0.1) is 0 Å². The van der Waals surface area contributed by atoms with Gasteiger partial charge in [0.15, 0.2) is 6.04 Å². The molecule has 0 fully saturated rings. The van der Waals surface area contributed by atoms with Crippen LogP contribution in [0.3, 0.4) is 0 Å². The number of nitrogens with one attached hydrogen (secondary N) is 3. The summed E-state index contributed by atoms with van der Waals surface area (Å²) in [5.41, 5.74) is -1.39. The second-order valence-corrected chi connectivity index (χ2v) is 3.91. The molecule has 0 aliphatic carbocycles. The van der Waals surface area contributed by atoms with Gasteiger partial charge in [-0.2, -0.15) is 0 Å². The van der Waals surface area contributed by atoms with E-state index in [2.05, 4.69) is 10.3 Å². The molecule has 1 rings (SSSR count). The SMILES string of the molecule is CC(O)C(NC(=O)Cc1cc(=O)[nH]c(=O)[nH]1)C(=O)O. The quantitative estimate of drug-likeness (QED) is 0.401. The van der Waals surface area contributed by atoms with Crippen LogP contribution in [0.4, 0.5) is 0 Å². The van der Waals surface area contributed by atoms with Gasteiger partial charge in [0.25, 0.3) is 5.56 Å². The normalized spacial score (nSPS) is 13.6. The van der Waals surface area contributed by atoms with E-state index >= 15 is 0 Å². The predicted octanol–water partition coefficient (Wildman–Crippen LogP) is -2.44. The molecule has 2 atom stereocenters. The molecule has 1 amide bonds. The molecule has 9 heteroatoms. The molecule has 0 saturated carbocycles. The average Bonchev–Trinajstić information content (AvgIpc) is 2.23. The van der Waals surface area contributed by atoms with Gasteiger partial charge in [0.1, 0.15) is 0 Å². The van der Waals surface area contributed by atoms with E-state index in [0.717, 1.165) is 6.07 Å². The Balaban J connectivity index is 2.77. The third kappa shape index (κ3) is 4.39. The zero-order valence-corrected chi connectivity index (χ0v) is 9.97. The maximum absolute atomic E-state index is 11.5. The van der Waals surface area contributed by atoms with Crippen LogP contribution in [0.5, 0.6) is 0 Å². The maximum Gasteiger partial charge on any atom is 0.328 e. The van der Waals surface area contributed by atoms with E-state index in [9.17, 15) is 24.3 Å². The highest BCUT2D eigenvalue weighted by molar-refractivity contribution is 5.84. The highest BCUT2D eigenvalue weighted by atomic mass is 16.4.